The van der Waals surface area contributed by atoms with Crippen LogP contribution in [0.25, 0.3) is 0 Å². The van der Waals surface area contributed by atoms with Crippen molar-refractivity contribution < 1.29 is 13.8 Å². The van der Waals surface area contributed by atoms with Crippen LogP contribution in [0.4, 0.5) is 0 Å². The summed E-state index contributed by atoms with van der Waals surface area (Å²) < 4.78 is 14.7. The molecule has 1 saturated heterocycles. The van der Waals surface area contributed by atoms with Gasteiger partial charge in [-0.3, -0.25) is 4.79 Å². The molecule has 1 aliphatic rings. The molecule has 6 nitrogen and oxygen atoms in total. The van der Waals surface area contributed by atoms with Crippen LogP contribution in [-0.4, -0.2) is 53.4 Å². The number of nitrogens with zero attached hydrogens (tertiary/aromatic N) is 3. The average Bonchev–Trinajstić information content (AvgIpc) is 2.73. The SMILES string of the molecule is Cc1ccc(CCC(=O)N2CCC(OP(OCCC#N)N(C(C)C)C(C)C)CC2)cc1. The van der Waals surface area contributed by atoms with Gasteiger partial charge in [0.1, 0.15) is 0 Å². The first-order valence-electron chi connectivity index (χ1n) is 11.4. The smallest absolute Gasteiger partial charge is 0.259 e. The summed E-state index contributed by atoms with van der Waals surface area (Å²) in [6.07, 6.45) is 3.41. The van der Waals surface area contributed by atoms with Crippen molar-refractivity contribution in [2.24, 2.45) is 0 Å². The molecular weight excluding hydrogens is 409 g/mol. The van der Waals surface area contributed by atoms with Crippen LogP contribution in [0, 0.1) is 18.3 Å². The highest BCUT2D eigenvalue weighted by molar-refractivity contribution is 7.44. The molecule has 0 saturated carbocycles. The van der Waals surface area contributed by atoms with Crippen LogP contribution in [0.1, 0.15) is 64.5 Å². The zero-order valence-electron chi connectivity index (χ0n) is 19.7. The van der Waals surface area contributed by atoms with Crippen molar-refractivity contribution in [2.75, 3.05) is 19.7 Å². The van der Waals surface area contributed by atoms with Crippen LogP contribution in [0.5, 0.6) is 0 Å². The first-order chi connectivity index (χ1) is 14.8. The third-order valence-electron chi connectivity index (χ3n) is 5.44. The second kappa shape index (κ2) is 13.1. The minimum Gasteiger partial charge on any atom is -0.342 e. The Labute approximate surface area is 189 Å². The molecule has 1 amide bonds. The van der Waals surface area contributed by atoms with Crippen molar-refractivity contribution in [1.82, 2.24) is 9.57 Å². The molecule has 1 heterocycles. The molecule has 0 aliphatic carbocycles. The van der Waals surface area contributed by atoms with E-state index in [9.17, 15) is 4.79 Å². The topological polar surface area (TPSA) is 65.8 Å². The molecule has 172 valence electrons. The summed E-state index contributed by atoms with van der Waals surface area (Å²) >= 11 is 0. The lowest BCUT2D eigenvalue weighted by atomic mass is 10.1. The Bertz CT molecular complexity index is 702. The fourth-order valence-corrected chi connectivity index (χ4v) is 5.57. The summed E-state index contributed by atoms with van der Waals surface area (Å²) in [5.41, 5.74) is 2.45. The molecule has 0 spiro atoms. The maximum absolute atomic E-state index is 12.7. The number of nitriles is 1. The molecule has 7 heteroatoms. The van der Waals surface area contributed by atoms with Gasteiger partial charge in [-0.25, -0.2) is 4.67 Å². The number of hydrogen-bond acceptors (Lipinski definition) is 5. The predicted molar refractivity (Wildman–Crippen MR) is 125 cm³/mol. The highest BCUT2D eigenvalue weighted by Gasteiger charge is 2.32. The normalized spacial score (nSPS) is 16.2. The van der Waals surface area contributed by atoms with Crippen molar-refractivity contribution in [1.29, 1.82) is 5.26 Å². The number of piperidine rings is 1. The third kappa shape index (κ3) is 8.50. The van der Waals surface area contributed by atoms with E-state index in [2.05, 4.69) is 69.6 Å². The maximum Gasteiger partial charge on any atom is 0.259 e. The molecule has 0 N–H and O–H groups in total. The molecule has 1 aliphatic heterocycles. The number of benzene rings is 1. The first-order valence-corrected chi connectivity index (χ1v) is 12.5. The number of carbonyl (C=O) groups is 1. The van der Waals surface area contributed by atoms with Gasteiger partial charge in [-0.15, -0.1) is 0 Å². The Hall–Kier alpha value is -1.51. The quantitative estimate of drug-likeness (QED) is 0.344. The van der Waals surface area contributed by atoms with Crippen molar-refractivity contribution in [3.8, 4) is 6.07 Å². The lowest BCUT2D eigenvalue weighted by molar-refractivity contribution is -0.132. The van der Waals surface area contributed by atoms with Gasteiger partial charge in [0.2, 0.25) is 5.91 Å². The Morgan fingerprint density at radius 2 is 1.81 bits per heavy atom. The number of amides is 1. The van der Waals surface area contributed by atoms with Gasteiger partial charge < -0.3 is 13.9 Å². The molecule has 1 fully saturated rings. The van der Waals surface area contributed by atoms with Gasteiger partial charge in [0.05, 0.1) is 25.2 Å². The molecule has 0 bridgehead atoms. The molecule has 1 atom stereocenters. The summed E-state index contributed by atoms with van der Waals surface area (Å²) in [5.74, 6) is 0.220. The zero-order valence-corrected chi connectivity index (χ0v) is 20.6. The van der Waals surface area contributed by atoms with Crippen LogP contribution in [0.15, 0.2) is 24.3 Å². The second-order valence-corrected chi connectivity index (χ2v) is 10.1. The molecule has 1 unspecified atom stereocenters. The van der Waals surface area contributed by atoms with Gasteiger partial charge in [-0.05, 0) is 59.4 Å². The summed E-state index contributed by atoms with van der Waals surface area (Å²) in [4.78, 5) is 14.6. The molecule has 31 heavy (non-hydrogen) atoms. The molecular formula is C24H38N3O3P. The number of likely N-dealkylation sites (tertiary alicyclic amines) is 1. The monoisotopic (exact) mass is 447 g/mol. The Kier molecular flexibility index (Phi) is 10.9. The van der Waals surface area contributed by atoms with Gasteiger partial charge in [-0.2, -0.15) is 5.26 Å². The first kappa shape index (κ1) is 25.7. The van der Waals surface area contributed by atoms with E-state index in [-0.39, 0.29) is 24.1 Å². The van der Waals surface area contributed by atoms with Crippen LogP contribution in [-0.2, 0) is 20.3 Å². The van der Waals surface area contributed by atoms with Gasteiger partial charge >= 0.3 is 0 Å². The van der Waals surface area contributed by atoms with E-state index in [1.165, 1.54) is 11.1 Å². The Morgan fingerprint density at radius 3 is 2.35 bits per heavy atom. The highest BCUT2D eigenvalue weighted by Crippen LogP contribution is 2.48. The van der Waals surface area contributed by atoms with E-state index in [0.717, 1.165) is 32.4 Å². The lowest BCUT2D eigenvalue weighted by Crippen LogP contribution is -2.41. The maximum atomic E-state index is 12.7. The van der Waals surface area contributed by atoms with Crippen LogP contribution < -0.4 is 0 Å². The van der Waals surface area contributed by atoms with E-state index >= 15 is 0 Å². The zero-order chi connectivity index (χ0) is 22.8. The van der Waals surface area contributed by atoms with Gasteiger partial charge in [0.25, 0.3) is 8.53 Å². The summed E-state index contributed by atoms with van der Waals surface area (Å²) in [6, 6.07) is 11.1. The molecule has 0 aromatic heterocycles. The van der Waals surface area contributed by atoms with Crippen molar-refractivity contribution in [3.05, 3.63) is 35.4 Å². The van der Waals surface area contributed by atoms with Crippen LogP contribution in [0.2, 0.25) is 0 Å². The summed E-state index contributed by atoms with van der Waals surface area (Å²) in [7, 11) is -1.23. The number of aryl methyl sites for hydroxylation is 2. The predicted octanol–water partition coefficient (Wildman–Crippen LogP) is 5.21. The fraction of sp³-hybridized carbons (Fsp3) is 0.667. The van der Waals surface area contributed by atoms with E-state index in [0.29, 0.717) is 19.4 Å². The Morgan fingerprint density at radius 1 is 1.19 bits per heavy atom. The minimum absolute atomic E-state index is 0.0781. The van der Waals surface area contributed by atoms with E-state index in [1.54, 1.807) is 0 Å². The number of carbonyl (C=O) groups excluding carboxylic acids is 1. The van der Waals surface area contributed by atoms with E-state index < -0.39 is 8.53 Å². The van der Waals surface area contributed by atoms with Crippen LogP contribution in [0.3, 0.4) is 0 Å². The Balaban J connectivity index is 1.85. The molecule has 1 aromatic carbocycles. The van der Waals surface area contributed by atoms with Crippen molar-refractivity contribution >= 4 is 14.4 Å². The van der Waals surface area contributed by atoms with Gasteiger partial charge in [0.15, 0.2) is 0 Å². The van der Waals surface area contributed by atoms with E-state index in [4.69, 9.17) is 14.3 Å². The average molecular weight is 448 g/mol. The van der Waals surface area contributed by atoms with Gasteiger partial charge in [0, 0.05) is 31.6 Å². The van der Waals surface area contributed by atoms with Gasteiger partial charge in [-0.1, -0.05) is 29.8 Å². The number of hydrogen-bond donors (Lipinski definition) is 0. The number of rotatable bonds is 11. The third-order valence-corrected chi connectivity index (χ3v) is 7.63. The molecule has 2 rings (SSSR count). The molecule has 1 aromatic rings. The highest BCUT2D eigenvalue weighted by atomic mass is 31.2. The van der Waals surface area contributed by atoms with E-state index in [1.807, 2.05) is 4.90 Å². The standard InChI is InChI=1S/C24H38N3O3P/c1-19(2)27(20(3)4)31(29-18-6-15-25)30-23-13-16-26(17-14-23)24(28)12-11-22-9-7-21(5)8-10-22/h7-10,19-20,23H,6,11-14,16-18H2,1-5H3. The largest absolute Gasteiger partial charge is 0.342 e. The molecule has 0 radical (unpaired) electrons. The fourth-order valence-electron chi connectivity index (χ4n) is 3.80. The second-order valence-electron chi connectivity index (χ2n) is 8.72. The lowest BCUT2D eigenvalue weighted by Gasteiger charge is -2.39. The van der Waals surface area contributed by atoms with Crippen LogP contribution >= 0.6 is 8.53 Å². The van der Waals surface area contributed by atoms with Crippen molar-refractivity contribution in [3.63, 3.8) is 0 Å². The summed E-state index contributed by atoms with van der Waals surface area (Å²) in [5, 5.41) is 8.85. The minimum atomic E-state index is -1.23. The van der Waals surface area contributed by atoms with Crippen molar-refractivity contribution in [2.45, 2.75) is 84.9 Å². The summed E-state index contributed by atoms with van der Waals surface area (Å²) in [6.45, 7) is 12.5.